The van der Waals surface area contributed by atoms with E-state index in [2.05, 4.69) is 0 Å². The minimum atomic E-state index is -4.02. The van der Waals surface area contributed by atoms with Crippen LogP contribution in [0.25, 0.3) is 0 Å². The van der Waals surface area contributed by atoms with Gasteiger partial charge in [0.05, 0.1) is 10.6 Å². The van der Waals surface area contributed by atoms with Crippen LogP contribution in [0.15, 0.2) is 83.8 Å². The first-order valence-electron chi connectivity index (χ1n) is 9.40. The predicted molar refractivity (Wildman–Crippen MR) is 115 cm³/mol. The van der Waals surface area contributed by atoms with Crippen LogP contribution < -0.4 is 4.31 Å². The first-order chi connectivity index (χ1) is 14.3. The van der Waals surface area contributed by atoms with Crippen LogP contribution in [0, 0.1) is 12.7 Å². The fourth-order valence-corrected chi connectivity index (χ4v) is 4.36. The molecule has 0 heterocycles. The number of carbonyl (C=O) groups excluding carboxylic acids is 1. The van der Waals surface area contributed by atoms with Gasteiger partial charge in [-0.2, -0.15) is 0 Å². The molecule has 156 valence electrons. The summed E-state index contributed by atoms with van der Waals surface area (Å²) in [5.41, 5.74) is 2.07. The number of nitrogens with zero attached hydrogens (tertiary/aromatic N) is 2. The summed E-state index contributed by atoms with van der Waals surface area (Å²) >= 11 is 0. The van der Waals surface area contributed by atoms with Gasteiger partial charge in [0.1, 0.15) is 12.4 Å². The highest BCUT2D eigenvalue weighted by molar-refractivity contribution is 7.92. The molecule has 0 spiro atoms. The van der Waals surface area contributed by atoms with Crippen LogP contribution in [0.4, 0.5) is 10.1 Å². The Kier molecular flexibility index (Phi) is 6.52. The van der Waals surface area contributed by atoms with E-state index in [-0.39, 0.29) is 16.5 Å². The van der Waals surface area contributed by atoms with Gasteiger partial charge in [-0.15, -0.1) is 0 Å². The summed E-state index contributed by atoms with van der Waals surface area (Å²) in [6, 6.07) is 20.9. The Balaban J connectivity index is 1.90. The summed E-state index contributed by atoms with van der Waals surface area (Å²) in [7, 11) is -2.40. The quantitative estimate of drug-likeness (QED) is 0.574. The second-order valence-corrected chi connectivity index (χ2v) is 8.90. The van der Waals surface area contributed by atoms with Crippen LogP contribution in [0.5, 0.6) is 0 Å². The Bertz CT molecular complexity index is 1100. The highest BCUT2D eigenvalue weighted by atomic mass is 32.2. The van der Waals surface area contributed by atoms with Gasteiger partial charge in [0, 0.05) is 13.6 Å². The molecule has 0 aliphatic rings. The summed E-state index contributed by atoms with van der Waals surface area (Å²) in [5, 5.41) is 0. The van der Waals surface area contributed by atoms with Crippen molar-refractivity contribution in [3.8, 4) is 0 Å². The fourth-order valence-electron chi connectivity index (χ4n) is 2.95. The van der Waals surface area contributed by atoms with E-state index in [9.17, 15) is 17.6 Å². The van der Waals surface area contributed by atoms with Crippen molar-refractivity contribution in [1.82, 2.24) is 4.90 Å². The second kappa shape index (κ2) is 9.09. The average Bonchev–Trinajstić information content (AvgIpc) is 2.73. The lowest BCUT2D eigenvalue weighted by molar-refractivity contribution is -0.128. The number of anilines is 1. The van der Waals surface area contributed by atoms with Crippen molar-refractivity contribution >= 4 is 21.6 Å². The van der Waals surface area contributed by atoms with Crippen LogP contribution in [0.1, 0.15) is 11.1 Å². The van der Waals surface area contributed by atoms with Crippen LogP contribution in [0.2, 0.25) is 0 Å². The van der Waals surface area contributed by atoms with E-state index in [1.165, 1.54) is 41.3 Å². The molecule has 0 saturated carbocycles. The molecule has 0 radical (unpaired) electrons. The van der Waals surface area contributed by atoms with Crippen molar-refractivity contribution < 1.29 is 17.6 Å². The van der Waals surface area contributed by atoms with Gasteiger partial charge in [0.2, 0.25) is 5.91 Å². The number of hydrogen-bond acceptors (Lipinski definition) is 3. The molecule has 0 N–H and O–H groups in total. The van der Waals surface area contributed by atoms with Crippen LogP contribution in [-0.4, -0.2) is 32.8 Å². The van der Waals surface area contributed by atoms with E-state index in [1.54, 1.807) is 19.2 Å². The van der Waals surface area contributed by atoms with E-state index >= 15 is 0 Å². The van der Waals surface area contributed by atoms with Crippen LogP contribution in [0.3, 0.4) is 0 Å². The largest absolute Gasteiger partial charge is 0.340 e. The standard InChI is InChI=1S/C23H23FN2O3S/c1-18-8-14-22(15-9-18)30(28,29)26(21-12-10-20(24)11-13-21)17-23(27)25(2)16-19-6-4-3-5-7-19/h3-15H,16-17H2,1-2H3. The molecule has 0 atom stereocenters. The lowest BCUT2D eigenvalue weighted by Crippen LogP contribution is -2.41. The molecule has 5 nitrogen and oxygen atoms in total. The van der Waals surface area contributed by atoms with Gasteiger partial charge >= 0.3 is 0 Å². The normalized spacial score (nSPS) is 11.2. The van der Waals surface area contributed by atoms with Crippen LogP contribution >= 0.6 is 0 Å². The molecular weight excluding hydrogens is 403 g/mol. The molecule has 0 aliphatic heterocycles. The Morgan fingerprint density at radius 1 is 0.900 bits per heavy atom. The molecule has 30 heavy (non-hydrogen) atoms. The number of benzene rings is 3. The Hall–Kier alpha value is -3.19. The van der Waals surface area contributed by atoms with Crippen molar-refractivity contribution in [2.45, 2.75) is 18.4 Å². The molecule has 0 bridgehead atoms. The van der Waals surface area contributed by atoms with Crippen molar-refractivity contribution in [3.05, 3.63) is 95.8 Å². The Morgan fingerprint density at radius 3 is 2.10 bits per heavy atom. The number of hydrogen-bond donors (Lipinski definition) is 0. The zero-order valence-corrected chi connectivity index (χ0v) is 17.6. The number of aryl methyl sites for hydroxylation is 1. The maximum absolute atomic E-state index is 13.4. The molecule has 7 heteroatoms. The molecule has 0 aromatic heterocycles. The minimum Gasteiger partial charge on any atom is -0.340 e. The molecule has 1 amide bonds. The van der Waals surface area contributed by atoms with Crippen molar-refractivity contribution in [2.75, 3.05) is 17.9 Å². The zero-order valence-electron chi connectivity index (χ0n) is 16.8. The predicted octanol–water partition coefficient (Wildman–Crippen LogP) is 3.99. The summed E-state index contributed by atoms with van der Waals surface area (Å²) in [6.45, 7) is 1.81. The lowest BCUT2D eigenvalue weighted by Gasteiger charge is -2.27. The second-order valence-electron chi connectivity index (χ2n) is 7.04. The third kappa shape index (κ3) is 5.04. The third-order valence-electron chi connectivity index (χ3n) is 4.69. The third-order valence-corrected chi connectivity index (χ3v) is 6.48. The van der Waals surface area contributed by atoms with E-state index in [0.29, 0.717) is 6.54 Å². The number of likely N-dealkylation sites (N-methyl/N-ethyl adjacent to an activating group) is 1. The summed E-state index contributed by atoms with van der Waals surface area (Å²) in [5.74, 6) is -0.863. The molecular formula is C23H23FN2O3S. The van der Waals surface area contributed by atoms with Crippen molar-refractivity contribution in [1.29, 1.82) is 0 Å². The van der Waals surface area contributed by atoms with Crippen molar-refractivity contribution in [2.24, 2.45) is 0 Å². The maximum Gasteiger partial charge on any atom is 0.264 e. The number of halogens is 1. The maximum atomic E-state index is 13.4. The van der Waals surface area contributed by atoms with E-state index in [4.69, 9.17) is 0 Å². The smallest absolute Gasteiger partial charge is 0.264 e. The summed E-state index contributed by atoms with van der Waals surface area (Å²) < 4.78 is 41.0. The molecule has 3 aromatic rings. The van der Waals surface area contributed by atoms with Gasteiger partial charge in [-0.25, -0.2) is 12.8 Å². The number of amides is 1. The van der Waals surface area contributed by atoms with E-state index in [0.717, 1.165) is 15.4 Å². The molecule has 0 unspecified atom stereocenters. The number of carbonyl (C=O) groups is 1. The van der Waals surface area contributed by atoms with E-state index < -0.39 is 22.4 Å². The number of rotatable bonds is 7. The van der Waals surface area contributed by atoms with Gasteiger partial charge in [-0.05, 0) is 48.9 Å². The van der Waals surface area contributed by atoms with E-state index in [1.807, 2.05) is 37.3 Å². The summed E-state index contributed by atoms with van der Waals surface area (Å²) in [4.78, 5) is 14.4. The highest BCUT2D eigenvalue weighted by Gasteiger charge is 2.28. The highest BCUT2D eigenvalue weighted by Crippen LogP contribution is 2.24. The first kappa shape index (κ1) is 21.5. The molecule has 0 aliphatic carbocycles. The van der Waals surface area contributed by atoms with Gasteiger partial charge in [0.25, 0.3) is 10.0 Å². The van der Waals surface area contributed by atoms with Crippen LogP contribution in [-0.2, 0) is 21.4 Å². The molecule has 3 rings (SSSR count). The Labute approximate surface area is 176 Å². The fraction of sp³-hybridized carbons (Fsp3) is 0.174. The summed E-state index contributed by atoms with van der Waals surface area (Å²) in [6.07, 6.45) is 0. The first-order valence-corrected chi connectivity index (χ1v) is 10.8. The van der Waals surface area contributed by atoms with Gasteiger partial charge < -0.3 is 4.90 Å². The monoisotopic (exact) mass is 426 g/mol. The van der Waals surface area contributed by atoms with Crippen molar-refractivity contribution in [3.63, 3.8) is 0 Å². The molecule has 0 fully saturated rings. The zero-order chi connectivity index (χ0) is 21.7. The molecule has 0 saturated heterocycles. The topological polar surface area (TPSA) is 57.7 Å². The average molecular weight is 427 g/mol. The lowest BCUT2D eigenvalue weighted by atomic mass is 10.2. The minimum absolute atomic E-state index is 0.0657. The van der Waals surface area contributed by atoms with Gasteiger partial charge in [0.15, 0.2) is 0 Å². The number of sulfonamides is 1. The van der Waals surface area contributed by atoms with Gasteiger partial charge in [-0.1, -0.05) is 48.0 Å². The van der Waals surface area contributed by atoms with Gasteiger partial charge in [-0.3, -0.25) is 9.10 Å². The SMILES string of the molecule is Cc1ccc(S(=O)(=O)N(CC(=O)N(C)Cc2ccccc2)c2ccc(F)cc2)cc1. The Morgan fingerprint density at radius 2 is 1.50 bits per heavy atom. The molecule has 3 aromatic carbocycles.